The monoisotopic (exact) mass is 484 g/mol. The Balaban J connectivity index is 1.58. The van der Waals surface area contributed by atoms with Gasteiger partial charge in [0.1, 0.15) is 17.4 Å². The van der Waals surface area contributed by atoms with Gasteiger partial charge in [-0.25, -0.2) is 14.1 Å². The molecule has 10 heteroatoms. The van der Waals surface area contributed by atoms with Gasteiger partial charge in [0.15, 0.2) is 5.03 Å². The molecular weight excluding hydrogens is 459 g/mol. The maximum Gasteiger partial charge on any atom is 0.281 e. The van der Waals surface area contributed by atoms with Gasteiger partial charge in [-0.2, -0.15) is 13.4 Å². The summed E-state index contributed by atoms with van der Waals surface area (Å²) in [5.41, 5.74) is -0.0905. The lowest BCUT2D eigenvalue weighted by atomic mass is 9.90. The van der Waals surface area contributed by atoms with Crippen LogP contribution in [0, 0.1) is 11.7 Å². The van der Waals surface area contributed by atoms with E-state index in [-0.39, 0.29) is 22.7 Å². The molecule has 1 aliphatic rings. The predicted octanol–water partition coefficient (Wildman–Crippen LogP) is 4.15. The molecule has 0 saturated carbocycles. The number of carbonyl (C=O) groups is 1. The molecule has 1 unspecified atom stereocenters. The maximum absolute atomic E-state index is 13.4. The van der Waals surface area contributed by atoms with Crippen LogP contribution in [-0.4, -0.2) is 36.4 Å². The van der Waals surface area contributed by atoms with Crippen molar-refractivity contribution >= 4 is 21.7 Å². The number of amides is 1. The van der Waals surface area contributed by atoms with Gasteiger partial charge in [-0.1, -0.05) is 19.1 Å². The van der Waals surface area contributed by atoms with Crippen molar-refractivity contribution in [3.8, 4) is 11.6 Å². The first-order chi connectivity index (χ1) is 16.1. The van der Waals surface area contributed by atoms with Crippen molar-refractivity contribution in [3.05, 3.63) is 72.2 Å². The Hall–Kier alpha value is -3.53. The van der Waals surface area contributed by atoms with Crippen LogP contribution in [0.3, 0.4) is 0 Å². The average molecular weight is 485 g/mol. The second-order valence-electron chi connectivity index (χ2n) is 8.68. The highest BCUT2D eigenvalue weighted by molar-refractivity contribution is 7.90. The molecule has 178 valence electrons. The summed E-state index contributed by atoms with van der Waals surface area (Å²) in [6.45, 7) is 6.99. The third-order valence-electron chi connectivity index (χ3n) is 6.19. The van der Waals surface area contributed by atoms with Crippen molar-refractivity contribution in [3.63, 3.8) is 0 Å². The third-order valence-corrected chi connectivity index (χ3v) is 7.43. The first kappa shape index (κ1) is 23.6. The lowest BCUT2D eigenvalue weighted by molar-refractivity contribution is 0.0981. The van der Waals surface area contributed by atoms with Crippen LogP contribution in [0.15, 0.2) is 65.8 Å². The smallest absolute Gasteiger partial charge is 0.281 e. The van der Waals surface area contributed by atoms with Gasteiger partial charge in [0.05, 0.1) is 5.56 Å². The van der Waals surface area contributed by atoms with E-state index in [0.717, 1.165) is 12.5 Å². The van der Waals surface area contributed by atoms with Gasteiger partial charge < -0.3 is 9.64 Å². The van der Waals surface area contributed by atoms with Crippen molar-refractivity contribution < 1.29 is 22.3 Å². The molecule has 0 bridgehead atoms. The second-order valence-corrected chi connectivity index (χ2v) is 10.3. The number of aromatic nitrogens is 2. The third kappa shape index (κ3) is 4.72. The number of benzene rings is 1. The fourth-order valence-electron chi connectivity index (χ4n) is 3.88. The zero-order chi connectivity index (χ0) is 24.5. The number of sulfonamides is 1. The molecule has 3 heterocycles. The van der Waals surface area contributed by atoms with Gasteiger partial charge in [0.2, 0.25) is 5.88 Å². The Morgan fingerprint density at radius 1 is 1.18 bits per heavy atom. The van der Waals surface area contributed by atoms with Crippen LogP contribution in [-0.2, 0) is 10.0 Å². The molecule has 1 aliphatic heterocycles. The highest BCUT2D eigenvalue weighted by Crippen LogP contribution is 2.38. The minimum atomic E-state index is -4.32. The number of halogens is 1. The molecule has 1 fully saturated rings. The summed E-state index contributed by atoms with van der Waals surface area (Å²) >= 11 is 0. The van der Waals surface area contributed by atoms with E-state index < -0.39 is 26.8 Å². The SMILES string of the molecule is CC1CCN(c2ncccc2C(=O)NS(=O)(=O)c2cccc(Oc3cccc(F)c3)n2)C1(C)C. The van der Waals surface area contributed by atoms with E-state index in [1.54, 1.807) is 18.3 Å². The Labute approximate surface area is 197 Å². The van der Waals surface area contributed by atoms with E-state index in [1.165, 1.54) is 36.4 Å². The first-order valence-electron chi connectivity index (χ1n) is 10.8. The highest BCUT2D eigenvalue weighted by atomic mass is 32.2. The summed E-state index contributed by atoms with van der Waals surface area (Å²) in [6.07, 6.45) is 2.51. The van der Waals surface area contributed by atoms with Crippen LogP contribution in [0.4, 0.5) is 10.2 Å². The van der Waals surface area contributed by atoms with Crippen LogP contribution in [0.5, 0.6) is 11.6 Å². The number of rotatable bonds is 6. The number of hydrogen-bond donors (Lipinski definition) is 1. The number of hydrogen-bond acceptors (Lipinski definition) is 7. The zero-order valence-electron chi connectivity index (χ0n) is 19.0. The fourth-order valence-corrected chi connectivity index (χ4v) is 4.81. The largest absolute Gasteiger partial charge is 0.439 e. The van der Waals surface area contributed by atoms with Gasteiger partial charge in [-0.05, 0) is 56.5 Å². The van der Waals surface area contributed by atoms with Gasteiger partial charge in [-0.3, -0.25) is 4.79 Å². The predicted molar refractivity (Wildman–Crippen MR) is 125 cm³/mol. The highest BCUT2D eigenvalue weighted by Gasteiger charge is 2.40. The van der Waals surface area contributed by atoms with Crippen LogP contribution in [0.25, 0.3) is 0 Å². The molecule has 8 nitrogen and oxygen atoms in total. The standard InChI is InChI=1S/C24H25FN4O4S/c1-16-12-14-29(24(16,2)3)22-19(9-6-13-26-22)23(30)28-34(31,32)21-11-5-10-20(27-21)33-18-8-4-7-17(25)15-18/h4-11,13,15-16H,12,14H2,1-3H3,(H,28,30). The Morgan fingerprint density at radius 3 is 2.65 bits per heavy atom. The summed E-state index contributed by atoms with van der Waals surface area (Å²) in [5, 5.41) is -0.407. The number of nitrogens with one attached hydrogen (secondary N) is 1. The van der Waals surface area contributed by atoms with Crippen LogP contribution < -0.4 is 14.4 Å². The second kappa shape index (κ2) is 9.02. The van der Waals surface area contributed by atoms with Crippen molar-refractivity contribution in [2.45, 2.75) is 37.8 Å². The fraction of sp³-hybridized carbons (Fsp3) is 0.292. The summed E-state index contributed by atoms with van der Waals surface area (Å²) in [7, 11) is -4.32. The van der Waals surface area contributed by atoms with Gasteiger partial charge in [0.25, 0.3) is 15.9 Å². The first-order valence-corrected chi connectivity index (χ1v) is 12.3. The molecule has 34 heavy (non-hydrogen) atoms. The maximum atomic E-state index is 13.4. The number of carbonyl (C=O) groups excluding carboxylic acids is 1. The van der Waals surface area contributed by atoms with Crippen molar-refractivity contribution in [1.82, 2.24) is 14.7 Å². The molecule has 1 N–H and O–H groups in total. The van der Waals surface area contributed by atoms with E-state index in [4.69, 9.17) is 4.74 Å². The van der Waals surface area contributed by atoms with Crippen LogP contribution in [0.2, 0.25) is 0 Å². The molecule has 1 saturated heterocycles. The van der Waals surface area contributed by atoms with E-state index in [9.17, 15) is 17.6 Å². The molecule has 0 aliphatic carbocycles. The minimum Gasteiger partial charge on any atom is -0.439 e. The molecule has 3 aromatic rings. The van der Waals surface area contributed by atoms with E-state index in [2.05, 4.69) is 35.5 Å². The van der Waals surface area contributed by atoms with Crippen molar-refractivity contribution in [2.24, 2.45) is 5.92 Å². The average Bonchev–Trinajstić information content (AvgIpc) is 3.06. The van der Waals surface area contributed by atoms with E-state index in [1.807, 2.05) is 4.90 Å². The van der Waals surface area contributed by atoms with Crippen LogP contribution >= 0.6 is 0 Å². The normalized spacial score (nSPS) is 17.4. The lowest BCUT2D eigenvalue weighted by Crippen LogP contribution is -2.43. The summed E-state index contributed by atoms with van der Waals surface area (Å²) in [4.78, 5) is 23.5. The topological polar surface area (TPSA) is 101 Å². The molecular formula is C24H25FN4O4S. The van der Waals surface area contributed by atoms with E-state index >= 15 is 0 Å². The Kier molecular flexibility index (Phi) is 6.26. The van der Waals surface area contributed by atoms with E-state index in [0.29, 0.717) is 18.3 Å². The summed E-state index contributed by atoms with van der Waals surface area (Å²) in [6, 6.07) is 12.6. The summed E-state index contributed by atoms with van der Waals surface area (Å²) in [5.74, 6) is -0.405. The number of pyridine rings is 2. The number of anilines is 1. The zero-order valence-corrected chi connectivity index (χ0v) is 19.8. The molecule has 1 aromatic carbocycles. The molecule has 4 rings (SSSR count). The number of nitrogens with zero attached hydrogens (tertiary/aromatic N) is 3. The minimum absolute atomic E-state index is 0.0594. The van der Waals surface area contributed by atoms with Gasteiger partial charge in [0, 0.05) is 30.4 Å². The quantitative estimate of drug-likeness (QED) is 0.561. The molecule has 1 atom stereocenters. The van der Waals surface area contributed by atoms with Crippen molar-refractivity contribution in [2.75, 3.05) is 11.4 Å². The lowest BCUT2D eigenvalue weighted by Gasteiger charge is -2.36. The Morgan fingerprint density at radius 2 is 1.94 bits per heavy atom. The molecule has 0 radical (unpaired) electrons. The Bertz CT molecular complexity index is 1330. The van der Waals surface area contributed by atoms with Gasteiger partial charge in [-0.15, -0.1) is 0 Å². The molecule has 2 aromatic heterocycles. The number of ether oxygens (including phenoxy) is 1. The summed E-state index contributed by atoms with van der Waals surface area (Å²) < 4.78 is 46.8. The molecule has 0 spiro atoms. The molecule has 1 amide bonds. The van der Waals surface area contributed by atoms with Gasteiger partial charge >= 0.3 is 0 Å². The van der Waals surface area contributed by atoms with Crippen LogP contribution in [0.1, 0.15) is 37.6 Å². The van der Waals surface area contributed by atoms with Crippen molar-refractivity contribution in [1.29, 1.82) is 0 Å².